The van der Waals surface area contributed by atoms with Gasteiger partial charge in [0.05, 0.1) is 61.0 Å². The molecule has 51 heavy (non-hydrogen) atoms. The summed E-state index contributed by atoms with van der Waals surface area (Å²) in [6.45, 7) is 0. The Bertz CT molecular complexity index is 3390. The molecule has 12 rings (SSSR count). The van der Waals surface area contributed by atoms with Crippen molar-refractivity contribution in [2.75, 3.05) is 0 Å². The third-order valence-corrected chi connectivity index (χ3v) is 10.3. The summed E-state index contributed by atoms with van der Waals surface area (Å²) in [6.07, 6.45) is 1.85. The van der Waals surface area contributed by atoms with Crippen LogP contribution in [0.15, 0.2) is 158 Å². The van der Waals surface area contributed by atoms with Crippen LogP contribution < -0.4 is 0 Å². The summed E-state index contributed by atoms with van der Waals surface area (Å²) < 4.78 is 11.3. The van der Waals surface area contributed by atoms with Crippen LogP contribution in [-0.2, 0) is 0 Å². The van der Waals surface area contributed by atoms with Gasteiger partial charge in [-0.2, -0.15) is 0 Å². The number of aromatic nitrogens is 8. The molecule has 0 radical (unpaired) electrons. The Balaban J connectivity index is 1.13. The highest BCUT2D eigenvalue weighted by molar-refractivity contribution is 6.10. The summed E-state index contributed by atoms with van der Waals surface area (Å²) in [5, 5.41) is 2.40. The molecule has 0 bridgehead atoms. The van der Waals surface area contributed by atoms with Gasteiger partial charge < -0.3 is 4.57 Å². The van der Waals surface area contributed by atoms with E-state index in [0.717, 1.165) is 83.9 Å². The highest BCUT2D eigenvalue weighted by Gasteiger charge is 2.21. The minimum atomic E-state index is 0.835. The van der Waals surface area contributed by atoms with E-state index in [9.17, 15) is 0 Å². The predicted octanol–water partition coefficient (Wildman–Crippen LogP) is 9.67. The maximum atomic E-state index is 5.14. The molecular formula is C43H26N8. The number of rotatable bonds is 3. The summed E-state index contributed by atoms with van der Waals surface area (Å²) in [5.41, 5.74) is 13.6. The zero-order chi connectivity index (χ0) is 33.2. The molecule has 8 nitrogen and oxygen atoms in total. The monoisotopic (exact) mass is 654 g/mol. The lowest BCUT2D eigenvalue weighted by Gasteiger charge is -2.12. The van der Waals surface area contributed by atoms with Crippen molar-refractivity contribution < 1.29 is 0 Å². The number of nitrogens with zero attached hydrogens (tertiary/aromatic N) is 8. The van der Waals surface area contributed by atoms with E-state index in [-0.39, 0.29) is 0 Å². The average Bonchev–Trinajstić information content (AvgIpc) is 3.97. The summed E-state index contributed by atoms with van der Waals surface area (Å²) in [7, 11) is 0. The molecule has 6 heterocycles. The third-order valence-electron chi connectivity index (χ3n) is 10.3. The average molecular weight is 655 g/mol. The van der Waals surface area contributed by atoms with Gasteiger partial charge in [0.25, 0.3) is 0 Å². The van der Waals surface area contributed by atoms with Crippen LogP contribution in [0.25, 0.3) is 94.7 Å². The molecule has 0 spiro atoms. The maximum absolute atomic E-state index is 5.14. The molecular weight excluding hydrogens is 629 g/mol. The number of pyridine rings is 1. The molecule has 8 heteroatoms. The fraction of sp³-hybridized carbons (Fsp3) is 0. The number of hydrogen-bond acceptors (Lipinski definition) is 3. The van der Waals surface area contributed by atoms with Crippen LogP contribution in [-0.4, -0.2) is 37.5 Å². The molecule has 6 aromatic carbocycles. The van der Waals surface area contributed by atoms with Gasteiger partial charge in [-0.15, -0.1) is 0 Å². The van der Waals surface area contributed by atoms with E-state index in [1.165, 1.54) is 10.8 Å². The smallest absolute Gasteiger partial charge is 0.221 e. The van der Waals surface area contributed by atoms with Gasteiger partial charge in [0.2, 0.25) is 11.6 Å². The Hall–Kier alpha value is -7.19. The van der Waals surface area contributed by atoms with Crippen molar-refractivity contribution in [1.82, 2.24) is 37.5 Å². The Morgan fingerprint density at radius 2 is 0.922 bits per heavy atom. The van der Waals surface area contributed by atoms with Crippen molar-refractivity contribution in [3.8, 4) is 17.1 Å². The number of benzene rings is 6. The highest BCUT2D eigenvalue weighted by atomic mass is 15.2. The molecule has 12 aromatic rings. The van der Waals surface area contributed by atoms with Gasteiger partial charge in [-0.25, -0.2) is 15.0 Å². The number of para-hydroxylation sites is 7. The zero-order valence-electron chi connectivity index (χ0n) is 27.1. The third kappa shape index (κ3) is 3.50. The number of hydrogen-bond donors (Lipinski definition) is 0. The molecule has 0 unspecified atom stereocenters. The van der Waals surface area contributed by atoms with E-state index in [4.69, 9.17) is 15.0 Å². The summed E-state index contributed by atoms with van der Waals surface area (Å²) in [5.74, 6) is 1.73. The summed E-state index contributed by atoms with van der Waals surface area (Å²) in [4.78, 5) is 15.0. The Morgan fingerprint density at radius 3 is 1.73 bits per heavy atom. The first-order chi connectivity index (χ1) is 25.3. The van der Waals surface area contributed by atoms with Crippen LogP contribution in [0.2, 0.25) is 0 Å². The van der Waals surface area contributed by atoms with Crippen LogP contribution in [0, 0.1) is 0 Å². The van der Waals surface area contributed by atoms with E-state index in [1.807, 2.05) is 24.4 Å². The fourth-order valence-electron chi connectivity index (χ4n) is 8.22. The second-order valence-corrected chi connectivity index (χ2v) is 13.1. The molecule has 0 N–H and O–H groups in total. The molecule has 0 aliphatic carbocycles. The van der Waals surface area contributed by atoms with Gasteiger partial charge >= 0.3 is 0 Å². The SMILES string of the molecule is c1cc(-n2c3ccccc3c3ccc(-n4c5ccccc5n5c6ccccc6nc45)cc32)cc(-n2c3cccnc3n3c4ccccc4nc23)c1. The van der Waals surface area contributed by atoms with E-state index in [2.05, 4.69) is 156 Å². The first-order valence-corrected chi connectivity index (χ1v) is 17.1. The van der Waals surface area contributed by atoms with Crippen molar-refractivity contribution in [2.24, 2.45) is 0 Å². The second-order valence-electron chi connectivity index (χ2n) is 13.1. The minimum Gasteiger partial charge on any atom is -0.309 e. The van der Waals surface area contributed by atoms with Gasteiger partial charge in [-0.1, -0.05) is 66.7 Å². The van der Waals surface area contributed by atoms with E-state index < -0.39 is 0 Å². The van der Waals surface area contributed by atoms with Crippen molar-refractivity contribution in [2.45, 2.75) is 0 Å². The first kappa shape index (κ1) is 26.7. The first-order valence-electron chi connectivity index (χ1n) is 17.1. The fourth-order valence-corrected chi connectivity index (χ4v) is 8.22. The van der Waals surface area contributed by atoms with Crippen LogP contribution >= 0.6 is 0 Å². The van der Waals surface area contributed by atoms with Crippen molar-refractivity contribution in [3.05, 3.63) is 158 Å². The molecule has 0 saturated carbocycles. The largest absolute Gasteiger partial charge is 0.309 e. The molecule has 0 aliphatic rings. The van der Waals surface area contributed by atoms with Crippen LogP contribution in [0.5, 0.6) is 0 Å². The highest BCUT2D eigenvalue weighted by Crippen LogP contribution is 2.37. The lowest BCUT2D eigenvalue weighted by atomic mass is 10.1. The quantitative estimate of drug-likeness (QED) is 0.191. The molecule has 6 aromatic heterocycles. The molecule has 0 fully saturated rings. The van der Waals surface area contributed by atoms with Crippen molar-refractivity contribution >= 4 is 77.6 Å². The lowest BCUT2D eigenvalue weighted by molar-refractivity contribution is 1.09. The molecule has 0 saturated heterocycles. The molecule has 238 valence electrons. The van der Waals surface area contributed by atoms with Crippen molar-refractivity contribution in [1.29, 1.82) is 0 Å². The van der Waals surface area contributed by atoms with Crippen LogP contribution in [0.3, 0.4) is 0 Å². The van der Waals surface area contributed by atoms with Gasteiger partial charge in [0, 0.05) is 22.7 Å². The Kier molecular flexibility index (Phi) is 5.09. The standard InChI is InChI=1S/C43H26N8/c1-4-16-34-30(13-1)31-23-22-29(48-37-19-7-8-20-38(37)50-35-17-5-2-14-32(35)45-42(48)50)26-40(31)47(34)27-11-9-12-28(25-27)49-39-21-10-24-44-41(39)51-36-18-6-3-15-33(36)46-43(49)51/h1-26H. The zero-order valence-corrected chi connectivity index (χ0v) is 27.1. The van der Waals surface area contributed by atoms with E-state index in [0.29, 0.717) is 0 Å². The van der Waals surface area contributed by atoms with E-state index >= 15 is 0 Å². The number of imidazole rings is 4. The van der Waals surface area contributed by atoms with Crippen LogP contribution in [0.4, 0.5) is 0 Å². The topological polar surface area (TPSA) is 62.3 Å². The van der Waals surface area contributed by atoms with Gasteiger partial charge in [-0.3, -0.25) is 17.9 Å². The maximum Gasteiger partial charge on any atom is 0.221 e. The number of fused-ring (bicyclic) bond motifs is 13. The van der Waals surface area contributed by atoms with Crippen molar-refractivity contribution in [3.63, 3.8) is 0 Å². The minimum absolute atomic E-state index is 0.835. The summed E-state index contributed by atoms with van der Waals surface area (Å²) >= 11 is 0. The summed E-state index contributed by atoms with van der Waals surface area (Å²) in [6, 6.07) is 53.4. The Morgan fingerprint density at radius 1 is 0.353 bits per heavy atom. The van der Waals surface area contributed by atoms with E-state index in [1.54, 1.807) is 0 Å². The molecule has 0 amide bonds. The predicted molar refractivity (Wildman–Crippen MR) is 205 cm³/mol. The van der Waals surface area contributed by atoms with Gasteiger partial charge in [0.1, 0.15) is 0 Å². The van der Waals surface area contributed by atoms with Gasteiger partial charge in [0.15, 0.2) is 5.65 Å². The lowest BCUT2D eigenvalue weighted by Crippen LogP contribution is -2.00. The Labute approximate surface area is 289 Å². The van der Waals surface area contributed by atoms with Crippen LogP contribution in [0.1, 0.15) is 0 Å². The second kappa shape index (κ2) is 9.71. The molecule has 0 atom stereocenters. The van der Waals surface area contributed by atoms with Gasteiger partial charge in [-0.05, 0) is 84.9 Å². The molecule has 0 aliphatic heterocycles. The normalized spacial score (nSPS) is 12.3.